The monoisotopic (exact) mass is 265 g/mol. The summed E-state index contributed by atoms with van der Waals surface area (Å²) in [5, 5.41) is 0. The highest BCUT2D eigenvalue weighted by Gasteiger charge is 1.97. The van der Waals surface area contributed by atoms with Crippen LogP contribution in [-0.4, -0.2) is 17.0 Å². The van der Waals surface area contributed by atoms with Crippen molar-refractivity contribution in [3.05, 3.63) is 35.6 Å². The first-order valence-corrected chi connectivity index (χ1v) is 5.09. The Hall–Kier alpha value is -1.13. The van der Waals surface area contributed by atoms with Gasteiger partial charge in [0.25, 0.3) is 0 Å². The number of halogens is 3. The molecule has 0 saturated carbocycles. The second kappa shape index (κ2) is 8.07. The van der Waals surface area contributed by atoms with E-state index in [4.69, 9.17) is 28.9 Å². The zero-order valence-electron chi connectivity index (χ0n) is 8.20. The summed E-state index contributed by atoms with van der Waals surface area (Å²) in [5.74, 6) is -0.713. The number of hydrogen-bond acceptors (Lipinski definition) is 2. The van der Waals surface area contributed by atoms with E-state index >= 15 is 0 Å². The van der Waals surface area contributed by atoms with Crippen LogP contribution in [0, 0.1) is 5.82 Å². The van der Waals surface area contributed by atoms with Gasteiger partial charge in [-0.2, -0.15) is 0 Å². The van der Waals surface area contributed by atoms with Gasteiger partial charge in [0, 0.05) is 0 Å². The van der Waals surface area contributed by atoms with Crippen molar-refractivity contribution in [1.29, 1.82) is 0 Å². The van der Waals surface area contributed by atoms with Crippen LogP contribution >= 0.6 is 23.2 Å². The fourth-order valence-corrected chi connectivity index (χ4v) is 0.803. The Bertz CT molecular complexity index is 341. The Morgan fingerprint density at radius 1 is 1.38 bits per heavy atom. The molecule has 0 aromatic heterocycles. The molecule has 0 heterocycles. The lowest BCUT2D eigenvalue weighted by Gasteiger charge is -1.95. The molecule has 1 amide bonds. The number of amides is 1. The molecule has 0 fully saturated rings. The average molecular weight is 266 g/mol. The fourth-order valence-electron chi connectivity index (χ4n) is 0.803. The lowest BCUT2D eigenvalue weighted by Crippen LogP contribution is -2.13. The number of primary amides is 1. The predicted octanol–water partition coefficient (Wildman–Crippen LogP) is 1.84. The second-order valence-corrected chi connectivity index (χ2v) is 3.90. The van der Waals surface area contributed by atoms with Crippen LogP contribution in [-0.2, 0) is 16.0 Å². The number of nitrogens with two attached hydrogens (primary N) is 1. The van der Waals surface area contributed by atoms with Gasteiger partial charge in [-0.05, 0) is 17.7 Å². The van der Waals surface area contributed by atoms with Gasteiger partial charge in [0.1, 0.15) is 5.82 Å². The summed E-state index contributed by atoms with van der Waals surface area (Å²) in [6, 6.07) is 5.69. The maximum absolute atomic E-state index is 12.3. The summed E-state index contributed by atoms with van der Waals surface area (Å²) in [4.78, 5) is 18.8. The lowest BCUT2D eigenvalue weighted by molar-refractivity contribution is -0.117. The first kappa shape index (κ1) is 14.9. The van der Waals surface area contributed by atoms with Gasteiger partial charge in [-0.25, -0.2) is 4.39 Å². The van der Waals surface area contributed by atoms with Gasteiger partial charge in [-0.1, -0.05) is 35.3 Å². The highest BCUT2D eigenvalue weighted by atomic mass is 35.5. The number of carbonyl (C=O) groups excluding carboxylic acids is 2. The number of hydrogen-bond donors (Lipinski definition) is 1. The molecule has 0 aliphatic carbocycles. The van der Waals surface area contributed by atoms with Crippen LogP contribution < -0.4 is 5.73 Å². The molecule has 0 aliphatic heterocycles. The molecule has 0 unspecified atom stereocenters. The third-order valence-electron chi connectivity index (χ3n) is 1.39. The van der Waals surface area contributed by atoms with Crippen LogP contribution in [0.25, 0.3) is 0 Å². The average Bonchev–Trinajstić information content (AvgIpc) is 2.22. The van der Waals surface area contributed by atoms with Gasteiger partial charge in [0.15, 0.2) is 11.1 Å². The zero-order chi connectivity index (χ0) is 12.6. The standard InChI is InChI=1S/C8H8FNO.C2H2Cl2O/c9-7-3-1-6(2-4-7)5-8(10)11;3-2(4)1-5/h1-4H,5H2,(H2,10,11);1-2H. The molecule has 6 heteroatoms. The van der Waals surface area contributed by atoms with Crippen molar-refractivity contribution in [2.24, 2.45) is 5.73 Å². The minimum Gasteiger partial charge on any atom is -0.369 e. The normalized spacial score (nSPS) is 9.25. The van der Waals surface area contributed by atoms with Gasteiger partial charge in [0.2, 0.25) is 5.91 Å². The molecule has 1 aromatic carbocycles. The van der Waals surface area contributed by atoms with E-state index in [1.165, 1.54) is 12.1 Å². The number of carbonyl (C=O) groups is 2. The largest absolute Gasteiger partial charge is 0.369 e. The van der Waals surface area contributed by atoms with Crippen molar-refractivity contribution in [3.63, 3.8) is 0 Å². The summed E-state index contributed by atoms with van der Waals surface area (Å²) in [6.45, 7) is 0. The van der Waals surface area contributed by atoms with Crippen molar-refractivity contribution in [3.8, 4) is 0 Å². The quantitative estimate of drug-likeness (QED) is 0.670. The number of rotatable bonds is 3. The van der Waals surface area contributed by atoms with Crippen LogP contribution in [0.4, 0.5) is 4.39 Å². The number of benzene rings is 1. The Morgan fingerprint density at radius 3 is 2.12 bits per heavy atom. The zero-order valence-corrected chi connectivity index (χ0v) is 9.71. The first-order chi connectivity index (χ1) is 7.45. The summed E-state index contributed by atoms with van der Waals surface area (Å²) >= 11 is 9.72. The van der Waals surface area contributed by atoms with Crippen LogP contribution in [0.1, 0.15) is 5.56 Å². The summed E-state index contributed by atoms with van der Waals surface area (Å²) in [7, 11) is 0. The van der Waals surface area contributed by atoms with Gasteiger partial charge in [-0.3, -0.25) is 4.79 Å². The van der Waals surface area contributed by atoms with Crippen molar-refractivity contribution in [2.45, 2.75) is 11.3 Å². The van der Waals surface area contributed by atoms with E-state index in [2.05, 4.69) is 0 Å². The molecule has 1 rings (SSSR count). The van der Waals surface area contributed by atoms with E-state index < -0.39 is 10.7 Å². The van der Waals surface area contributed by atoms with Crippen molar-refractivity contribution >= 4 is 35.4 Å². The molecule has 2 N–H and O–H groups in total. The molecule has 0 saturated heterocycles. The molecule has 0 aliphatic rings. The van der Waals surface area contributed by atoms with Gasteiger partial charge in [0.05, 0.1) is 6.42 Å². The Labute approximate surface area is 102 Å². The Kier molecular flexibility index (Phi) is 7.50. The van der Waals surface area contributed by atoms with Gasteiger partial charge < -0.3 is 10.5 Å². The minimum absolute atomic E-state index is 0.167. The maximum Gasteiger partial charge on any atom is 0.221 e. The van der Waals surface area contributed by atoms with Crippen LogP contribution in [0.5, 0.6) is 0 Å². The van der Waals surface area contributed by atoms with Crippen molar-refractivity contribution in [2.75, 3.05) is 0 Å². The van der Waals surface area contributed by atoms with Crippen molar-refractivity contribution < 1.29 is 14.0 Å². The molecular weight excluding hydrogens is 256 g/mol. The second-order valence-electron chi connectivity index (χ2n) is 2.74. The van der Waals surface area contributed by atoms with Crippen LogP contribution in [0.2, 0.25) is 0 Å². The molecule has 0 spiro atoms. The Balaban J connectivity index is 0.000000385. The van der Waals surface area contributed by atoms with Gasteiger partial charge in [-0.15, -0.1) is 0 Å². The lowest BCUT2D eigenvalue weighted by atomic mass is 10.1. The highest BCUT2D eigenvalue weighted by Crippen LogP contribution is 2.02. The Morgan fingerprint density at radius 2 is 1.81 bits per heavy atom. The van der Waals surface area contributed by atoms with Crippen LogP contribution in [0.3, 0.4) is 0 Å². The van der Waals surface area contributed by atoms with E-state index in [9.17, 15) is 14.0 Å². The van der Waals surface area contributed by atoms with Gasteiger partial charge >= 0.3 is 0 Å². The third kappa shape index (κ3) is 8.20. The van der Waals surface area contributed by atoms with E-state index in [-0.39, 0.29) is 12.2 Å². The SMILES string of the molecule is NC(=O)Cc1ccc(F)cc1.O=CC(Cl)Cl. The molecule has 1 aromatic rings. The fraction of sp³-hybridized carbons (Fsp3) is 0.200. The van der Waals surface area contributed by atoms with Crippen LogP contribution in [0.15, 0.2) is 24.3 Å². The van der Waals surface area contributed by atoms with E-state index in [0.717, 1.165) is 5.56 Å². The molecule has 3 nitrogen and oxygen atoms in total. The molecule has 0 atom stereocenters. The molecular formula is C10H10Cl2FNO2. The third-order valence-corrected chi connectivity index (χ3v) is 1.60. The number of alkyl halides is 2. The molecule has 0 bridgehead atoms. The summed E-state index contributed by atoms with van der Waals surface area (Å²) < 4.78 is 12.3. The molecule has 16 heavy (non-hydrogen) atoms. The smallest absolute Gasteiger partial charge is 0.221 e. The minimum atomic E-state index is -0.852. The van der Waals surface area contributed by atoms with E-state index in [0.29, 0.717) is 6.29 Å². The predicted molar refractivity (Wildman–Crippen MR) is 60.9 cm³/mol. The van der Waals surface area contributed by atoms with E-state index in [1.54, 1.807) is 12.1 Å². The summed E-state index contributed by atoms with van der Waals surface area (Å²) in [5.41, 5.74) is 5.66. The maximum atomic E-state index is 12.3. The molecule has 88 valence electrons. The highest BCUT2D eigenvalue weighted by molar-refractivity contribution is 6.51. The van der Waals surface area contributed by atoms with Crippen molar-refractivity contribution in [1.82, 2.24) is 0 Å². The van der Waals surface area contributed by atoms with E-state index in [1.807, 2.05) is 0 Å². The molecule has 0 radical (unpaired) electrons. The topological polar surface area (TPSA) is 60.2 Å². The summed E-state index contributed by atoms with van der Waals surface area (Å²) in [6.07, 6.45) is 0.614. The number of aldehydes is 1. The first-order valence-electron chi connectivity index (χ1n) is 4.22.